The number of amides is 1. The van der Waals surface area contributed by atoms with Crippen molar-refractivity contribution < 1.29 is 4.79 Å². The van der Waals surface area contributed by atoms with Crippen LogP contribution in [0.25, 0.3) is 0 Å². The highest BCUT2D eigenvalue weighted by Gasteiger charge is 2.45. The molecule has 0 spiro atoms. The molecule has 0 bridgehead atoms. The van der Waals surface area contributed by atoms with E-state index >= 15 is 0 Å². The maximum Gasteiger partial charge on any atom is 0.225 e. The summed E-state index contributed by atoms with van der Waals surface area (Å²) in [6.45, 7) is 0. The normalized spacial score (nSPS) is 20.6. The van der Waals surface area contributed by atoms with Crippen LogP contribution in [0, 0.1) is 17.2 Å². The lowest BCUT2D eigenvalue weighted by Crippen LogP contribution is -2.29. The van der Waals surface area contributed by atoms with E-state index in [4.69, 9.17) is 23.2 Å². The lowest BCUT2D eigenvalue weighted by molar-refractivity contribution is -0.122. The first kappa shape index (κ1) is 15.9. The first-order valence-corrected chi connectivity index (χ1v) is 7.88. The minimum absolute atomic E-state index is 0.113. The lowest BCUT2D eigenvalue weighted by atomic mass is 10.1. The smallest absolute Gasteiger partial charge is 0.225 e. The van der Waals surface area contributed by atoms with Gasteiger partial charge in [0.2, 0.25) is 5.91 Å². The van der Waals surface area contributed by atoms with Crippen molar-refractivity contribution in [2.75, 3.05) is 0 Å². The number of rotatable bonds is 4. The van der Waals surface area contributed by atoms with Gasteiger partial charge in [0.15, 0.2) is 0 Å². The lowest BCUT2D eigenvalue weighted by Gasteiger charge is -2.12. The number of carbonyl (C=O) groups is 1. The Balaban J connectivity index is 1.67. The topological polar surface area (TPSA) is 70.7 Å². The molecule has 2 aromatic rings. The van der Waals surface area contributed by atoms with Crippen molar-refractivity contribution in [1.29, 1.82) is 5.26 Å². The first-order valence-electron chi connectivity index (χ1n) is 7.13. The molecule has 1 amide bonds. The quantitative estimate of drug-likeness (QED) is 0.921. The van der Waals surface area contributed by atoms with E-state index in [1.165, 1.54) is 0 Å². The predicted octanol–water partition coefficient (Wildman–Crippen LogP) is 3.21. The summed E-state index contributed by atoms with van der Waals surface area (Å²) in [4.78, 5) is 12.3. The van der Waals surface area contributed by atoms with Gasteiger partial charge in [-0.05, 0) is 35.6 Å². The maximum atomic E-state index is 12.3. The van der Waals surface area contributed by atoms with Gasteiger partial charge in [0.1, 0.15) is 6.04 Å². The second kappa shape index (κ2) is 6.23. The molecule has 0 saturated heterocycles. The van der Waals surface area contributed by atoms with Crippen LogP contribution in [0.15, 0.2) is 30.6 Å². The van der Waals surface area contributed by atoms with Crippen LogP contribution in [0.1, 0.15) is 29.5 Å². The molecule has 0 radical (unpaired) electrons. The Kier molecular flexibility index (Phi) is 4.29. The number of aryl methyl sites for hydroxylation is 1. The molecule has 1 fully saturated rings. The molecule has 3 atom stereocenters. The second-order valence-corrected chi connectivity index (χ2v) is 6.45. The molecule has 1 aliphatic rings. The Bertz CT molecular complexity index is 796. The molecule has 1 aromatic carbocycles. The largest absolute Gasteiger partial charge is 0.336 e. The van der Waals surface area contributed by atoms with Gasteiger partial charge >= 0.3 is 0 Å². The van der Waals surface area contributed by atoms with Crippen molar-refractivity contribution in [2.24, 2.45) is 13.0 Å². The third-order valence-electron chi connectivity index (χ3n) is 3.97. The number of aromatic nitrogens is 2. The van der Waals surface area contributed by atoms with E-state index in [1.807, 2.05) is 13.2 Å². The minimum Gasteiger partial charge on any atom is -0.336 e. The summed E-state index contributed by atoms with van der Waals surface area (Å²) in [5.74, 6) is -0.0638. The highest BCUT2D eigenvalue weighted by atomic mass is 35.5. The number of benzene rings is 1. The Morgan fingerprint density at radius 1 is 1.48 bits per heavy atom. The van der Waals surface area contributed by atoms with Crippen molar-refractivity contribution in [3.8, 4) is 6.07 Å². The summed E-state index contributed by atoms with van der Waals surface area (Å²) >= 11 is 11.8. The Morgan fingerprint density at radius 2 is 2.26 bits per heavy atom. The monoisotopic (exact) mass is 348 g/mol. The number of hydrogen-bond acceptors (Lipinski definition) is 3. The van der Waals surface area contributed by atoms with E-state index < -0.39 is 6.04 Å². The van der Waals surface area contributed by atoms with Crippen molar-refractivity contribution in [3.63, 3.8) is 0 Å². The van der Waals surface area contributed by atoms with Crippen molar-refractivity contribution in [1.82, 2.24) is 15.1 Å². The maximum absolute atomic E-state index is 12.3. The van der Waals surface area contributed by atoms with Gasteiger partial charge in [-0.3, -0.25) is 9.48 Å². The summed E-state index contributed by atoms with van der Waals surface area (Å²) in [5.41, 5.74) is 1.67. The number of nitriles is 1. The van der Waals surface area contributed by atoms with E-state index in [2.05, 4.69) is 16.5 Å². The van der Waals surface area contributed by atoms with Crippen molar-refractivity contribution in [3.05, 3.63) is 51.8 Å². The fraction of sp³-hybridized carbons (Fsp3) is 0.312. The molecule has 118 valence electrons. The first-order chi connectivity index (χ1) is 11.0. The molecule has 5 nitrogen and oxygen atoms in total. The van der Waals surface area contributed by atoms with Gasteiger partial charge in [0, 0.05) is 19.2 Å². The molecule has 0 aliphatic heterocycles. The number of hydrogen-bond donors (Lipinski definition) is 1. The molecule has 3 rings (SSSR count). The zero-order valence-corrected chi connectivity index (χ0v) is 13.8. The zero-order chi connectivity index (χ0) is 16.6. The molecule has 1 heterocycles. The fourth-order valence-electron chi connectivity index (χ4n) is 2.62. The molecule has 1 aliphatic carbocycles. The average molecular weight is 349 g/mol. The molecule has 7 heteroatoms. The zero-order valence-electron chi connectivity index (χ0n) is 12.3. The van der Waals surface area contributed by atoms with Crippen LogP contribution in [-0.2, 0) is 11.8 Å². The van der Waals surface area contributed by atoms with Crippen LogP contribution in [0.2, 0.25) is 10.0 Å². The molecule has 1 N–H and O–H groups in total. The van der Waals surface area contributed by atoms with Crippen molar-refractivity contribution in [2.45, 2.75) is 18.4 Å². The van der Waals surface area contributed by atoms with Gasteiger partial charge in [0.25, 0.3) is 0 Å². The molecule has 1 saturated carbocycles. The van der Waals surface area contributed by atoms with Crippen LogP contribution in [0.3, 0.4) is 0 Å². The van der Waals surface area contributed by atoms with E-state index in [0.29, 0.717) is 15.6 Å². The van der Waals surface area contributed by atoms with Gasteiger partial charge < -0.3 is 5.32 Å². The highest BCUT2D eigenvalue weighted by molar-refractivity contribution is 6.42. The van der Waals surface area contributed by atoms with Gasteiger partial charge in [-0.15, -0.1) is 0 Å². The summed E-state index contributed by atoms with van der Waals surface area (Å²) in [6.07, 6.45) is 4.47. The van der Waals surface area contributed by atoms with Crippen LogP contribution < -0.4 is 5.32 Å². The van der Waals surface area contributed by atoms with Crippen LogP contribution in [-0.4, -0.2) is 15.7 Å². The fourth-order valence-corrected chi connectivity index (χ4v) is 2.92. The van der Waals surface area contributed by atoms with Crippen molar-refractivity contribution >= 4 is 29.1 Å². The van der Waals surface area contributed by atoms with Gasteiger partial charge in [-0.2, -0.15) is 10.4 Å². The molecule has 23 heavy (non-hydrogen) atoms. The van der Waals surface area contributed by atoms with E-state index in [1.54, 1.807) is 29.1 Å². The van der Waals surface area contributed by atoms with Gasteiger partial charge in [-0.25, -0.2) is 0 Å². The molecular weight excluding hydrogens is 335 g/mol. The van der Waals surface area contributed by atoms with Crippen LogP contribution >= 0.6 is 23.2 Å². The Hall–Kier alpha value is -2.03. The summed E-state index contributed by atoms with van der Waals surface area (Å²) < 4.78 is 1.72. The summed E-state index contributed by atoms with van der Waals surface area (Å²) in [6, 6.07) is 6.25. The standard InChI is InChI=1S/C16H14Cl2N4O/c1-22-8-10(7-20-22)11-5-12(11)16(23)21-15(6-19)9-2-3-13(17)14(18)4-9/h2-4,7-8,11-12,15H,5H2,1H3,(H,21,23)/t11-,12+,15-/m0/s1. The highest BCUT2D eigenvalue weighted by Crippen LogP contribution is 2.47. The van der Waals surface area contributed by atoms with Gasteiger partial charge in [0.05, 0.1) is 22.3 Å². The minimum atomic E-state index is -0.743. The molecule has 0 unspecified atom stereocenters. The van der Waals surface area contributed by atoms with E-state index in [-0.39, 0.29) is 17.7 Å². The number of nitrogens with zero attached hydrogens (tertiary/aromatic N) is 3. The van der Waals surface area contributed by atoms with Crippen LogP contribution in [0.5, 0.6) is 0 Å². The third kappa shape index (κ3) is 3.34. The Labute approximate surface area is 143 Å². The van der Waals surface area contributed by atoms with E-state index in [9.17, 15) is 10.1 Å². The Morgan fingerprint density at radius 3 is 2.87 bits per heavy atom. The SMILES string of the molecule is Cn1cc([C@@H]2C[C@H]2C(=O)N[C@@H](C#N)c2ccc(Cl)c(Cl)c2)cn1. The number of halogens is 2. The molecule has 1 aromatic heterocycles. The van der Waals surface area contributed by atoms with Crippen LogP contribution in [0.4, 0.5) is 0 Å². The third-order valence-corrected chi connectivity index (χ3v) is 4.71. The van der Waals surface area contributed by atoms with Gasteiger partial charge in [-0.1, -0.05) is 29.3 Å². The average Bonchev–Trinajstić information content (AvgIpc) is 3.22. The summed E-state index contributed by atoms with van der Waals surface area (Å²) in [5, 5.41) is 17.0. The molecular formula is C16H14Cl2N4O. The number of nitrogens with one attached hydrogen (secondary N) is 1. The summed E-state index contributed by atoms with van der Waals surface area (Å²) in [7, 11) is 1.84. The second-order valence-electron chi connectivity index (χ2n) is 5.64. The number of carbonyl (C=O) groups excluding carboxylic acids is 1. The van der Waals surface area contributed by atoms with E-state index in [0.717, 1.165) is 12.0 Å². The predicted molar refractivity (Wildman–Crippen MR) is 87.0 cm³/mol.